The van der Waals surface area contributed by atoms with Gasteiger partial charge in [-0.2, -0.15) is 0 Å². The monoisotopic (exact) mass is 268 g/mol. The molecule has 2 N–H and O–H groups in total. The van der Waals surface area contributed by atoms with Gasteiger partial charge in [-0.1, -0.05) is 50.2 Å². The van der Waals surface area contributed by atoms with E-state index in [1.807, 2.05) is 0 Å². The van der Waals surface area contributed by atoms with E-state index in [4.69, 9.17) is 0 Å². The Labute approximate surface area is 122 Å². The third kappa shape index (κ3) is 2.96. The Balaban J connectivity index is 2.27. The van der Waals surface area contributed by atoms with Crippen LogP contribution in [0.1, 0.15) is 36.1 Å². The zero-order valence-electron chi connectivity index (χ0n) is 12.9. The van der Waals surface area contributed by atoms with Crippen LogP contribution in [0.2, 0.25) is 0 Å². The molecule has 0 spiro atoms. The van der Waals surface area contributed by atoms with Gasteiger partial charge in [-0.25, -0.2) is 0 Å². The summed E-state index contributed by atoms with van der Waals surface area (Å²) in [7, 11) is 0. The van der Waals surface area contributed by atoms with Gasteiger partial charge in [0.2, 0.25) is 0 Å². The fraction of sp³-hybridized carbons (Fsp3) is 0.333. The molecular weight excluding hydrogens is 244 g/mol. The van der Waals surface area contributed by atoms with E-state index in [1.165, 1.54) is 33.6 Å². The van der Waals surface area contributed by atoms with E-state index in [-0.39, 0.29) is 0 Å². The zero-order valence-corrected chi connectivity index (χ0v) is 12.9. The Morgan fingerprint density at radius 1 is 0.700 bits per heavy atom. The van der Waals surface area contributed by atoms with E-state index in [2.05, 4.69) is 74.9 Å². The summed E-state index contributed by atoms with van der Waals surface area (Å²) in [6, 6.07) is 12.9. The Bertz CT molecular complexity index is 545. The van der Waals surface area contributed by atoms with Crippen molar-refractivity contribution in [2.24, 2.45) is 0 Å². The van der Waals surface area contributed by atoms with Gasteiger partial charge < -0.3 is 10.9 Å². The van der Waals surface area contributed by atoms with Crippen molar-refractivity contribution in [1.82, 2.24) is 0 Å². The van der Waals surface area contributed by atoms with Crippen molar-refractivity contribution in [3.63, 3.8) is 0 Å². The van der Waals surface area contributed by atoms with Gasteiger partial charge in [-0.3, -0.25) is 0 Å². The topological polar surface area (TPSA) is 24.1 Å². The van der Waals surface area contributed by atoms with Gasteiger partial charge in [0, 0.05) is 0 Å². The summed E-state index contributed by atoms with van der Waals surface area (Å²) in [5, 5.41) is 0. The van der Waals surface area contributed by atoms with Crippen molar-refractivity contribution in [2.75, 3.05) is 10.9 Å². The molecule has 0 unspecified atom stereocenters. The lowest BCUT2D eigenvalue weighted by Gasteiger charge is -2.19. The van der Waals surface area contributed by atoms with Crippen LogP contribution in [-0.4, -0.2) is 0 Å². The largest absolute Gasteiger partial charge is 0.300 e. The van der Waals surface area contributed by atoms with Crippen molar-refractivity contribution in [3.05, 3.63) is 58.7 Å². The third-order valence-corrected chi connectivity index (χ3v) is 3.79. The molecule has 2 aromatic carbocycles. The van der Waals surface area contributed by atoms with E-state index < -0.39 is 0 Å². The smallest absolute Gasteiger partial charge is 0.0603 e. The van der Waals surface area contributed by atoms with E-state index in [1.54, 1.807) is 0 Å². The first-order chi connectivity index (χ1) is 9.67. The highest BCUT2D eigenvalue weighted by molar-refractivity contribution is 5.64. The molecule has 0 heterocycles. The molecule has 2 nitrogen and oxygen atoms in total. The SMILES string of the molecule is CCc1cccc(CC)c1NNc1c(C)cccc1C. The van der Waals surface area contributed by atoms with Crippen LogP contribution in [0.5, 0.6) is 0 Å². The van der Waals surface area contributed by atoms with Crippen molar-refractivity contribution in [3.8, 4) is 0 Å². The first-order valence-corrected chi connectivity index (χ1v) is 7.36. The fourth-order valence-electron chi connectivity index (χ4n) is 2.54. The minimum Gasteiger partial charge on any atom is -0.300 e. The standard InChI is InChI=1S/C18H24N2/c1-5-15-11-8-12-16(6-2)18(15)20-19-17-13(3)9-7-10-14(17)4/h7-12,19-20H,5-6H2,1-4H3. The summed E-state index contributed by atoms with van der Waals surface area (Å²) >= 11 is 0. The Morgan fingerprint density at radius 3 is 1.65 bits per heavy atom. The number of para-hydroxylation sites is 2. The summed E-state index contributed by atoms with van der Waals surface area (Å²) in [4.78, 5) is 0. The van der Waals surface area contributed by atoms with Crippen molar-refractivity contribution in [1.29, 1.82) is 0 Å². The van der Waals surface area contributed by atoms with Gasteiger partial charge in [0.1, 0.15) is 0 Å². The predicted octanol–water partition coefficient (Wildman–Crippen LogP) is 4.87. The predicted molar refractivity (Wildman–Crippen MR) is 88.4 cm³/mol. The quantitative estimate of drug-likeness (QED) is 0.756. The van der Waals surface area contributed by atoms with Crippen LogP contribution in [-0.2, 0) is 12.8 Å². The van der Waals surface area contributed by atoms with Crippen LogP contribution in [0.15, 0.2) is 36.4 Å². The fourth-order valence-corrected chi connectivity index (χ4v) is 2.54. The van der Waals surface area contributed by atoms with Gasteiger partial charge in [0.05, 0.1) is 11.4 Å². The van der Waals surface area contributed by atoms with Crippen LogP contribution in [0.25, 0.3) is 0 Å². The summed E-state index contributed by atoms with van der Waals surface area (Å²) < 4.78 is 0. The second-order valence-electron chi connectivity index (χ2n) is 5.18. The minimum absolute atomic E-state index is 1.03. The van der Waals surface area contributed by atoms with Gasteiger partial charge >= 0.3 is 0 Å². The molecule has 106 valence electrons. The molecule has 0 fully saturated rings. The van der Waals surface area contributed by atoms with Crippen LogP contribution >= 0.6 is 0 Å². The Hall–Kier alpha value is -1.96. The van der Waals surface area contributed by atoms with Crippen molar-refractivity contribution in [2.45, 2.75) is 40.5 Å². The molecule has 0 saturated heterocycles. The summed E-state index contributed by atoms with van der Waals surface area (Å²) in [5.74, 6) is 0. The van der Waals surface area contributed by atoms with Gasteiger partial charge in [-0.15, -0.1) is 0 Å². The highest BCUT2D eigenvalue weighted by Gasteiger charge is 2.07. The molecule has 0 aliphatic carbocycles. The molecule has 2 rings (SSSR count). The third-order valence-electron chi connectivity index (χ3n) is 3.79. The van der Waals surface area contributed by atoms with Gasteiger partial charge in [-0.05, 0) is 48.9 Å². The lowest BCUT2D eigenvalue weighted by molar-refractivity contribution is 1.08. The van der Waals surface area contributed by atoms with E-state index >= 15 is 0 Å². The van der Waals surface area contributed by atoms with E-state index in [0.717, 1.165) is 12.8 Å². The molecule has 0 aliphatic heterocycles. The summed E-state index contributed by atoms with van der Waals surface area (Å²) in [6.07, 6.45) is 2.06. The average Bonchev–Trinajstić information content (AvgIpc) is 2.46. The molecule has 0 amide bonds. The number of benzene rings is 2. The Kier molecular flexibility index (Phi) is 4.67. The lowest BCUT2D eigenvalue weighted by atomic mass is 10.0. The Morgan fingerprint density at radius 2 is 1.15 bits per heavy atom. The van der Waals surface area contributed by atoms with E-state index in [0.29, 0.717) is 0 Å². The summed E-state index contributed by atoms with van der Waals surface area (Å²) in [5.41, 5.74) is 14.4. The van der Waals surface area contributed by atoms with Crippen molar-refractivity contribution < 1.29 is 0 Å². The molecule has 0 atom stereocenters. The van der Waals surface area contributed by atoms with Crippen LogP contribution in [0.4, 0.5) is 11.4 Å². The number of rotatable bonds is 5. The number of hydrazine groups is 1. The molecule has 2 aromatic rings. The molecule has 2 heteroatoms. The number of hydrogen-bond donors (Lipinski definition) is 2. The van der Waals surface area contributed by atoms with Crippen molar-refractivity contribution >= 4 is 11.4 Å². The first kappa shape index (κ1) is 14.4. The van der Waals surface area contributed by atoms with Crippen LogP contribution in [0.3, 0.4) is 0 Å². The van der Waals surface area contributed by atoms with Crippen LogP contribution < -0.4 is 10.9 Å². The average molecular weight is 268 g/mol. The maximum Gasteiger partial charge on any atom is 0.0603 e. The van der Waals surface area contributed by atoms with E-state index in [9.17, 15) is 0 Å². The number of hydrogen-bond acceptors (Lipinski definition) is 2. The number of anilines is 2. The second kappa shape index (κ2) is 6.47. The van der Waals surface area contributed by atoms with Gasteiger partial charge in [0.15, 0.2) is 0 Å². The molecule has 20 heavy (non-hydrogen) atoms. The molecular formula is C18H24N2. The molecule has 0 bridgehead atoms. The number of aryl methyl sites for hydroxylation is 4. The van der Waals surface area contributed by atoms with Crippen LogP contribution in [0, 0.1) is 13.8 Å². The second-order valence-corrected chi connectivity index (χ2v) is 5.18. The lowest BCUT2D eigenvalue weighted by Crippen LogP contribution is -2.14. The maximum absolute atomic E-state index is 3.43. The molecule has 0 saturated carbocycles. The highest BCUT2D eigenvalue weighted by atomic mass is 15.4. The molecule has 0 aliphatic rings. The first-order valence-electron chi connectivity index (χ1n) is 7.36. The number of nitrogens with one attached hydrogen (secondary N) is 2. The minimum atomic E-state index is 1.03. The molecule has 0 aromatic heterocycles. The highest BCUT2D eigenvalue weighted by Crippen LogP contribution is 2.25. The summed E-state index contributed by atoms with van der Waals surface area (Å²) in [6.45, 7) is 8.64. The van der Waals surface area contributed by atoms with Gasteiger partial charge in [0.25, 0.3) is 0 Å². The molecule has 0 radical (unpaired) electrons. The maximum atomic E-state index is 3.43. The normalized spacial score (nSPS) is 10.4. The zero-order chi connectivity index (χ0) is 14.5.